The number of hydrogen-bond acceptors (Lipinski definition) is 8. The number of carbonyl (C=O) groups is 2. The van der Waals surface area contributed by atoms with E-state index >= 15 is 0 Å². The number of ether oxygens (including phenoxy) is 3. The molecule has 0 aliphatic heterocycles. The van der Waals surface area contributed by atoms with E-state index in [4.69, 9.17) is 14.2 Å². The first kappa shape index (κ1) is 20.0. The van der Waals surface area contributed by atoms with E-state index in [0.29, 0.717) is 17.2 Å². The predicted octanol–water partition coefficient (Wildman–Crippen LogP) is 3.59. The average Bonchev–Trinajstić information content (AvgIpc) is 3.13. The Morgan fingerprint density at radius 3 is 2.50 bits per heavy atom. The van der Waals surface area contributed by atoms with E-state index < -0.39 is 11.9 Å². The van der Waals surface area contributed by atoms with Gasteiger partial charge in [0.2, 0.25) is 0 Å². The number of para-hydroxylation sites is 1. The molecule has 1 amide bonds. The Labute approximate surface area is 170 Å². The summed E-state index contributed by atoms with van der Waals surface area (Å²) in [4.78, 5) is 28.4. The number of aromatic nitrogens is 1. The molecule has 1 N–H and O–H groups in total. The molecule has 0 radical (unpaired) electrons. The van der Waals surface area contributed by atoms with Gasteiger partial charge in [0.1, 0.15) is 11.5 Å². The molecule has 1 heterocycles. The van der Waals surface area contributed by atoms with Gasteiger partial charge in [0, 0.05) is 23.9 Å². The monoisotopic (exact) mass is 418 g/mol. The van der Waals surface area contributed by atoms with Gasteiger partial charge in [-0.2, -0.15) is 0 Å². The van der Waals surface area contributed by atoms with Gasteiger partial charge in [-0.1, -0.05) is 23.9 Å². The van der Waals surface area contributed by atoms with Crippen molar-refractivity contribution in [2.45, 2.75) is 4.34 Å². The Morgan fingerprint density at radius 1 is 1.11 bits per heavy atom. The normalized spacial score (nSPS) is 10.5. The van der Waals surface area contributed by atoms with Crippen molar-refractivity contribution in [3.05, 3.63) is 42.5 Å². The number of thiazole rings is 1. The van der Waals surface area contributed by atoms with E-state index in [1.165, 1.54) is 37.3 Å². The molecule has 0 saturated heterocycles. The average molecular weight is 418 g/mol. The van der Waals surface area contributed by atoms with E-state index in [-0.39, 0.29) is 12.4 Å². The second-order valence-corrected chi connectivity index (χ2v) is 7.80. The van der Waals surface area contributed by atoms with Gasteiger partial charge in [-0.15, -0.1) is 11.3 Å². The van der Waals surface area contributed by atoms with Crippen LogP contribution in [0.2, 0.25) is 0 Å². The minimum absolute atomic E-state index is 0.0834. The maximum absolute atomic E-state index is 12.0. The van der Waals surface area contributed by atoms with Gasteiger partial charge in [-0.05, 0) is 12.1 Å². The Bertz CT molecular complexity index is 934. The first-order chi connectivity index (χ1) is 13.6. The van der Waals surface area contributed by atoms with Crippen LogP contribution in [-0.2, 0) is 14.3 Å². The van der Waals surface area contributed by atoms with Crippen LogP contribution in [0, 0.1) is 0 Å². The van der Waals surface area contributed by atoms with Gasteiger partial charge < -0.3 is 19.5 Å². The highest BCUT2D eigenvalue weighted by molar-refractivity contribution is 8.01. The molecule has 0 spiro atoms. The zero-order valence-electron chi connectivity index (χ0n) is 15.3. The molecule has 0 aliphatic rings. The van der Waals surface area contributed by atoms with Gasteiger partial charge in [0.15, 0.2) is 10.9 Å². The van der Waals surface area contributed by atoms with Crippen LogP contribution < -0.4 is 14.8 Å². The predicted molar refractivity (Wildman–Crippen MR) is 109 cm³/mol. The minimum atomic E-state index is -0.484. The highest BCUT2D eigenvalue weighted by atomic mass is 32.2. The molecule has 2 aromatic carbocycles. The number of rotatable bonds is 8. The fraction of sp³-hybridized carbons (Fsp3) is 0.211. The SMILES string of the molecule is COc1cc(NC(=O)COC(=O)CSc2nc3ccccc3s2)cc(OC)c1. The maximum Gasteiger partial charge on any atom is 0.316 e. The number of hydrogen-bond donors (Lipinski definition) is 1. The maximum atomic E-state index is 12.0. The second-order valence-electron chi connectivity index (χ2n) is 5.55. The number of nitrogens with one attached hydrogen (secondary N) is 1. The Kier molecular flexibility index (Phi) is 6.72. The lowest BCUT2D eigenvalue weighted by Crippen LogP contribution is -2.21. The highest BCUT2D eigenvalue weighted by Crippen LogP contribution is 2.29. The Balaban J connectivity index is 1.47. The molecule has 0 bridgehead atoms. The van der Waals surface area contributed by atoms with Crippen molar-refractivity contribution in [3.8, 4) is 11.5 Å². The van der Waals surface area contributed by atoms with E-state index in [1.54, 1.807) is 18.2 Å². The van der Waals surface area contributed by atoms with E-state index in [0.717, 1.165) is 14.6 Å². The van der Waals surface area contributed by atoms with Gasteiger partial charge >= 0.3 is 5.97 Å². The summed E-state index contributed by atoms with van der Waals surface area (Å²) in [7, 11) is 3.04. The largest absolute Gasteiger partial charge is 0.497 e. The number of esters is 1. The summed E-state index contributed by atoms with van der Waals surface area (Å²) in [5, 5.41) is 2.65. The summed E-state index contributed by atoms with van der Waals surface area (Å²) >= 11 is 2.80. The first-order valence-electron chi connectivity index (χ1n) is 8.24. The molecule has 0 saturated carbocycles. The van der Waals surface area contributed by atoms with Gasteiger partial charge in [0.05, 0.1) is 30.2 Å². The quantitative estimate of drug-likeness (QED) is 0.442. The number of anilines is 1. The molecule has 0 aliphatic carbocycles. The topological polar surface area (TPSA) is 86.8 Å². The van der Waals surface area contributed by atoms with E-state index in [9.17, 15) is 9.59 Å². The highest BCUT2D eigenvalue weighted by Gasteiger charge is 2.12. The van der Waals surface area contributed by atoms with Crippen LogP contribution in [0.5, 0.6) is 11.5 Å². The summed E-state index contributed by atoms with van der Waals surface area (Å²) < 4.78 is 17.2. The molecular formula is C19H18N2O5S2. The van der Waals surface area contributed by atoms with Crippen molar-refractivity contribution in [2.75, 3.05) is 31.9 Å². The third-order valence-electron chi connectivity index (χ3n) is 3.59. The summed E-state index contributed by atoms with van der Waals surface area (Å²) in [5.41, 5.74) is 1.39. The fourth-order valence-corrected chi connectivity index (χ4v) is 4.16. The summed E-state index contributed by atoms with van der Waals surface area (Å²) in [6.07, 6.45) is 0. The number of thioether (sulfide) groups is 1. The van der Waals surface area contributed by atoms with Crippen LogP contribution in [0.15, 0.2) is 46.8 Å². The first-order valence-corrected chi connectivity index (χ1v) is 10.0. The van der Waals surface area contributed by atoms with Crippen molar-refractivity contribution in [2.24, 2.45) is 0 Å². The Morgan fingerprint density at radius 2 is 1.82 bits per heavy atom. The van der Waals surface area contributed by atoms with E-state index in [2.05, 4.69) is 10.3 Å². The molecule has 28 heavy (non-hydrogen) atoms. The summed E-state index contributed by atoms with van der Waals surface area (Å²) in [6.45, 7) is -0.376. The molecule has 0 unspecified atom stereocenters. The van der Waals surface area contributed by atoms with Crippen LogP contribution in [0.4, 0.5) is 5.69 Å². The standard InChI is InChI=1S/C19H18N2O5S2/c1-24-13-7-12(8-14(9-13)25-2)20-17(22)10-26-18(23)11-27-19-21-15-5-3-4-6-16(15)28-19/h3-9H,10-11H2,1-2H3,(H,20,22). The number of nitrogens with zero attached hydrogens (tertiary/aromatic N) is 1. The lowest BCUT2D eigenvalue weighted by molar-refractivity contribution is -0.144. The fourth-order valence-electron chi connectivity index (χ4n) is 2.30. The van der Waals surface area contributed by atoms with E-state index in [1.807, 2.05) is 24.3 Å². The molecule has 7 nitrogen and oxygen atoms in total. The second kappa shape index (κ2) is 9.43. The van der Waals surface area contributed by atoms with Crippen molar-refractivity contribution < 1.29 is 23.8 Å². The van der Waals surface area contributed by atoms with Gasteiger partial charge in [-0.3, -0.25) is 9.59 Å². The molecule has 3 rings (SSSR count). The third-order valence-corrected chi connectivity index (χ3v) is 5.74. The van der Waals surface area contributed by atoms with Crippen molar-refractivity contribution in [1.82, 2.24) is 4.98 Å². The number of methoxy groups -OCH3 is 2. The molecule has 1 aromatic heterocycles. The minimum Gasteiger partial charge on any atom is -0.497 e. The van der Waals surface area contributed by atoms with Crippen LogP contribution in [-0.4, -0.2) is 43.4 Å². The van der Waals surface area contributed by atoms with Crippen LogP contribution in [0.1, 0.15) is 0 Å². The van der Waals surface area contributed by atoms with Gasteiger partial charge in [-0.25, -0.2) is 4.98 Å². The molecule has 3 aromatic rings. The molecule has 0 atom stereocenters. The molecule has 0 fully saturated rings. The molecule has 9 heteroatoms. The lowest BCUT2D eigenvalue weighted by Gasteiger charge is -2.10. The van der Waals surface area contributed by atoms with Crippen molar-refractivity contribution in [3.63, 3.8) is 0 Å². The zero-order valence-corrected chi connectivity index (χ0v) is 16.9. The number of carbonyl (C=O) groups excluding carboxylic acids is 2. The number of fused-ring (bicyclic) bond motifs is 1. The summed E-state index contributed by atoms with van der Waals surface area (Å²) in [5.74, 6) is 0.231. The molecule has 146 valence electrons. The van der Waals surface area contributed by atoms with Crippen LogP contribution >= 0.6 is 23.1 Å². The number of amides is 1. The van der Waals surface area contributed by atoms with Crippen molar-refractivity contribution >= 4 is 50.9 Å². The summed E-state index contributed by atoms with van der Waals surface area (Å²) in [6, 6.07) is 12.7. The third kappa shape index (κ3) is 5.37. The lowest BCUT2D eigenvalue weighted by atomic mass is 10.2. The zero-order chi connectivity index (χ0) is 19.9. The molecular weight excluding hydrogens is 400 g/mol. The Hall–Kier alpha value is -2.78. The van der Waals surface area contributed by atoms with Gasteiger partial charge in [0.25, 0.3) is 5.91 Å². The van der Waals surface area contributed by atoms with Crippen molar-refractivity contribution in [1.29, 1.82) is 0 Å². The van der Waals surface area contributed by atoms with Crippen LogP contribution in [0.3, 0.4) is 0 Å². The smallest absolute Gasteiger partial charge is 0.316 e. The van der Waals surface area contributed by atoms with Crippen LogP contribution in [0.25, 0.3) is 10.2 Å². The number of benzene rings is 2.